The Bertz CT molecular complexity index is 807. The maximum absolute atomic E-state index is 13.1. The van der Waals surface area contributed by atoms with Gasteiger partial charge in [-0.1, -0.05) is 6.07 Å². The standard InChI is InChI=1S/C14H22N2O6S2/c1-10-3-4-13(22-2)14(7-10)24(20,21)16(6-5-15)11-8-23(18,19)9-12(11)17/h3-4,7,11-12,17H,5-6,8-9,15H2,1-2H3/t11-,12+/m1/s1. The Morgan fingerprint density at radius 3 is 2.54 bits per heavy atom. The Kier molecular flexibility index (Phi) is 5.55. The lowest BCUT2D eigenvalue weighted by molar-refractivity contribution is 0.129. The number of sulfone groups is 1. The van der Waals surface area contributed by atoms with Crippen LogP contribution in [0.1, 0.15) is 5.56 Å². The molecule has 24 heavy (non-hydrogen) atoms. The van der Waals surface area contributed by atoms with Gasteiger partial charge in [-0.05, 0) is 24.6 Å². The molecule has 0 unspecified atom stereocenters. The van der Waals surface area contributed by atoms with Crippen LogP contribution in [0.4, 0.5) is 0 Å². The molecular weight excluding hydrogens is 356 g/mol. The quantitative estimate of drug-likeness (QED) is 0.657. The molecule has 0 radical (unpaired) electrons. The highest BCUT2D eigenvalue weighted by Gasteiger charge is 2.45. The van der Waals surface area contributed by atoms with Crippen LogP contribution in [-0.2, 0) is 19.9 Å². The number of hydrogen-bond donors (Lipinski definition) is 2. The van der Waals surface area contributed by atoms with Gasteiger partial charge in [-0.3, -0.25) is 0 Å². The molecule has 0 spiro atoms. The Morgan fingerprint density at radius 2 is 2.04 bits per heavy atom. The van der Waals surface area contributed by atoms with Gasteiger partial charge in [0.25, 0.3) is 0 Å². The number of ether oxygens (including phenoxy) is 1. The van der Waals surface area contributed by atoms with Crippen molar-refractivity contribution in [1.82, 2.24) is 4.31 Å². The lowest BCUT2D eigenvalue weighted by Gasteiger charge is -2.29. The molecule has 0 aliphatic carbocycles. The van der Waals surface area contributed by atoms with Crippen molar-refractivity contribution >= 4 is 19.9 Å². The molecule has 1 aliphatic heterocycles. The first-order chi connectivity index (χ1) is 11.1. The molecule has 1 aliphatic rings. The van der Waals surface area contributed by atoms with Crippen LogP contribution in [0.5, 0.6) is 5.75 Å². The van der Waals surface area contributed by atoms with Crippen molar-refractivity contribution in [2.75, 3.05) is 31.7 Å². The molecule has 2 atom stereocenters. The minimum Gasteiger partial charge on any atom is -0.495 e. The summed E-state index contributed by atoms with van der Waals surface area (Å²) in [6, 6.07) is 3.63. The average molecular weight is 378 g/mol. The van der Waals surface area contributed by atoms with Crippen LogP contribution in [0.2, 0.25) is 0 Å². The third kappa shape index (κ3) is 3.72. The molecule has 1 saturated heterocycles. The van der Waals surface area contributed by atoms with Gasteiger partial charge in [0.15, 0.2) is 9.84 Å². The molecule has 1 heterocycles. The van der Waals surface area contributed by atoms with Gasteiger partial charge >= 0.3 is 0 Å². The second-order valence-electron chi connectivity index (χ2n) is 5.77. The molecule has 3 N–H and O–H groups in total. The normalized spacial score (nSPS) is 23.5. The number of rotatable bonds is 6. The molecule has 1 fully saturated rings. The van der Waals surface area contributed by atoms with Gasteiger partial charge in [-0.2, -0.15) is 4.31 Å². The lowest BCUT2D eigenvalue weighted by Crippen LogP contribution is -2.48. The second kappa shape index (κ2) is 6.96. The summed E-state index contributed by atoms with van der Waals surface area (Å²) < 4.78 is 55.8. The van der Waals surface area contributed by atoms with Crippen LogP contribution >= 0.6 is 0 Å². The van der Waals surface area contributed by atoms with Gasteiger partial charge < -0.3 is 15.6 Å². The van der Waals surface area contributed by atoms with E-state index in [4.69, 9.17) is 10.5 Å². The van der Waals surface area contributed by atoms with Crippen LogP contribution in [-0.4, -0.2) is 70.1 Å². The Balaban J connectivity index is 2.53. The van der Waals surface area contributed by atoms with E-state index in [0.717, 1.165) is 4.31 Å². The predicted molar refractivity (Wildman–Crippen MR) is 89.1 cm³/mol. The molecule has 0 bridgehead atoms. The number of aryl methyl sites for hydroxylation is 1. The van der Waals surface area contributed by atoms with Crippen LogP contribution in [0.25, 0.3) is 0 Å². The summed E-state index contributed by atoms with van der Waals surface area (Å²) in [6.45, 7) is 1.63. The largest absolute Gasteiger partial charge is 0.495 e. The highest BCUT2D eigenvalue weighted by molar-refractivity contribution is 7.92. The van der Waals surface area contributed by atoms with Gasteiger partial charge in [0, 0.05) is 13.1 Å². The third-order valence-corrected chi connectivity index (χ3v) is 7.56. The fourth-order valence-electron chi connectivity index (χ4n) is 2.79. The highest BCUT2D eigenvalue weighted by Crippen LogP contribution is 2.31. The van der Waals surface area contributed by atoms with E-state index >= 15 is 0 Å². The van der Waals surface area contributed by atoms with E-state index in [0.29, 0.717) is 5.56 Å². The number of aliphatic hydroxyl groups excluding tert-OH is 1. The van der Waals surface area contributed by atoms with Gasteiger partial charge in [-0.15, -0.1) is 0 Å². The van der Waals surface area contributed by atoms with E-state index in [-0.39, 0.29) is 23.7 Å². The number of hydrogen-bond acceptors (Lipinski definition) is 7. The van der Waals surface area contributed by atoms with Crippen LogP contribution in [0, 0.1) is 6.92 Å². The summed E-state index contributed by atoms with van der Waals surface area (Å²) >= 11 is 0. The molecule has 1 aromatic carbocycles. The maximum Gasteiger partial charge on any atom is 0.247 e. The summed E-state index contributed by atoms with van der Waals surface area (Å²) in [6.07, 6.45) is -1.29. The van der Waals surface area contributed by atoms with Crippen LogP contribution < -0.4 is 10.5 Å². The topological polar surface area (TPSA) is 127 Å². The summed E-state index contributed by atoms with van der Waals surface area (Å²) in [5, 5.41) is 10.1. The van der Waals surface area contributed by atoms with E-state index < -0.39 is 43.5 Å². The van der Waals surface area contributed by atoms with E-state index in [1.165, 1.54) is 19.2 Å². The fourth-order valence-corrected chi connectivity index (χ4v) is 6.59. The van der Waals surface area contributed by atoms with Crippen LogP contribution in [0.3, 0.4) is 0 Å². The Morgan fingerprint density at radius 1 is 1.38 bits per heavy atom. The number of methoxy groups -OCH3 is 1. The van der Waals surface area contributed by atoms with E-state index in [1.54, 1.807) is 13.0 Å². The van der Waals surface area contributed by atoms with Crippen molar-refractivity contribution in [2.24, 2.45) is 5.73 Å². The van der Waals surface area contributed by atoms with E-state index in [1.807, 2.05) is 0 Å². The van der Waals surface area contributed by atoms with Crippen molar-refractivity contribution in [2.45, 2.75) is 24.0 Å². The first-order valence-electron chi connectivity index (χ1n) is 7.37. The Hall–Kier alpha value is -1.20. The summed E-state index contributed by atoms with van der Waals surface area (Å²) in [5.41, 5.74) is 6.23. The van der Waals surface area contributed by atoms with Crippen molar-refractivity contribution in [1.29, 1.82) is 0 Å². The van der Waals surface area contributed by atoms with Crippen LogP contribution in [0.15, 0.2) is 23.1 Å². The average Bonchev–Trinajstić information content (AvgIpc) is 2.77. The second-order valence-corrected chi connectivity index (χ2v) is 9.78. The number of sulfonamides is 1. The first-order valence-corrected chi connectivity index (χ1v) is 10.6. The summed E-state index contributed by atoms with van der Waals surface area (Å²) in [4.78, 5) is -0.0741. The highest BCUT2D eigenvalue weighted by atomic mass is 32.2. The number of nitrogens with zero attached hydrogens (tertiary/aromatic N) is 1. The van der Waals surface area contributed by atoms with Crippen molar-refractivity contribution in [3.63, 3.8) is 0 Å². The van der Waals surface area contributed by atoms with Crippen molar-refractivity contribution in [3.8, 4) is 5.75 Å². The van der Waals surface area contributed by atoms with Gasteiger partial charge in [0.1, 0.15) is 10.6 Å². The number of benzene rings is 1. The molecule has 8 nitrogen and oxygen atoms in total. The molecular formula is C14H22N2O6S2. The molecule has 0 saturated carbocycles. The smallest absolute Gasteiger partial charge is 0.247 e. The summed E-state index contributed by atoms with van der Waals surface area (Å²) in [5.74, 6) is -0.737. The SMILES string of the molecule is COc1ccc(C)cc1S(=O)(=O)N(CCN)[C@@H]1CS(=O)(=O)C[C@@H]1O. The maximum atomic E-state index is 13.1. The molecule has 2 rings (SSSR count). The zero-order valence-corrected chi connectivity index (χ0v) is 15.2. The zero-order chi connectivity index (χ0) is 18.1. The predicted octanol–water partition coefficient (Wildman–Crippen LogP) is -0.889. The van der Waals surface area contributed by atoms with Gasteiger partial charge in [0.05, 0.1) is 30.8 Å². The molecule has 10 heteroatoms. The first kappa shape index (κ1) is 19.1. The monoisotopic (exact) mass is 378 g/mol. The zero-order valence-electron chi connectivity index (χ0n) is 13.5. The summed E-state index contributed by atoms with van der Waals surface area (Å²) in [7, 11) is -6.24. The van der Waals surface area contributed by atoms with Gasteiger partial charge in [0.2, 0.25) is 10.0 Å². The molecule has 0 amide bonds. The van der Waals surface area contributed by atoms with Crippen molar-refractivity contribution in [3.05, 3.63) is 23.8 Å². The molecule has 0 aromatic heterocycles. The van der Waals surface area contributed by atoms with E-state index in [9.17, 15) is 21.9 Å². The Labute approximate surface area is 142 Å². The molecule has 1 aromatic rings. The lowest BCUT2D eigenvalue weighted by atomic mass is 10.2. The minimum atomic E-state index is -4.09. The number of aliphatic hydroxyl groups is 1. The minimum absolute atomic E-state index is 0.00334. The molecule has 136 valence electrons. The fraction of sp³-hybridized carbons (Fsp3) is 0.571. The van der Waals surface area contributed by atoms with Gasteiger partial charge in [-0.25, -0.2) is 16.8 Å². The van der Waals surface area contributed by atoms with Crippen molar-refractivity contribution < 1.29 is 26.7 Å². The third-order valence-electron chi connectivity index (χ3n) is 3.92. The number of nitrogens with two attached hydrogens (primary N) is 1. The van der Waals surface area contributed by atoms with E-state index in [2.05, 4.69) is 0 Å².